The molecule has 0 bridgehead atoms. The third-order valence-corrected chi connectivity index (χ3v) is 6.63. The van der Waals surface area contributed by atoms with Crippen LogP contribution in [0.4, 0.5) is 11.5 Å². The number of hydrogen-bond donors (Lipinski definition) is 1. The van der Waals surface area contributed by atoms with Crippen LogP contribution in [-0.2, 0) is 11.2 Å². The van der Waals surface area contributed by atoms with Crippen molar-refractivity contribution in [2.75, 3.05) is 23.3 Å². The molecule has 8 nitrogen and oxygen atoms in total. The summed E-state index contributed by atoms with van der Waals surface area (Å²) in [5.41, 5.74) is 4.52. The molecular formula is C27H28N6O2. The first kappa shape index (κ1) is 22.7. The Morgan fingerprint density at radius 2 is 1.83 bits per heavy atom. The van der Waals surface area contributed by atoms with E-state index >= 15 is 0 Å². The second-order valence-electron chi connectivity index (χ2n) is 9.02. The fourth-order valence-corrected chi connectivity index (χ4v) is 4.71. The first-order chi connectivity index (χ1) is 17.0. The number of rotatable bonds is 6. The number of benzene rings is 2. The van der Waals surface area contributed by atoms with Crippen LogP contribution in [0.25, 0.3) is 5.78 Å². The molecule has 35 heavy (non-hydrogen) atoms. The van der Waals surface area contributed by atoms with Crippen molar-refractivity contribution in [3.63, 3.8) is 0 Å². The number of nitrogens with one attached hydrogen (secondary N) is 1. The molecule has 2 aromatic heterocycles. The van der Waals surface area contributed by atoms with Gasteiger partial charge in [0.1, 0.15) is 12.1 Å². The Hall–Kier alpha value is -4.07. The number of ketones is 1. The second kappa shape index (κ2) is 9.66. The molecule has 2 aromatic carbocycles. The van der Waals surface area contributed by atoms with E-state index in [1.165, 1.54) is 18.8 Å². The largest absolute Gasteiger partial charge is 0.356 e. The standard InChI is InChI=1S/C27H28N6O2/c1-18-24(15-20-7-4-3-5-8-20)26(33-27(30-18)28-17-29-33)32-13-11-21(12-14-32)25(35)31-23-10-6-9-22(16-23)19(2)34/h3-10,16-17,21H,11-15H2,1-2H3,(H,31,35). The topological polar surface area (TPSA) is 92.5 Å². The lowest BCUT2D eigenvalue weighted by Gasteiger charge is -2.34. The number of fused-ring (bicyclic) bond motifs is 1. The van der Waals surface area contributed by atoms with Crippen molar-refractivity contribution < 1.29 is 9.59 Å². The molecule has 8 heteroatoms. The van der Waals surface area contributed by atoms with Gasteiger partial charge in [-0.25, -0.2) is 4.98 Å². The Morgan fingerprint density at radius 3 is 2.57 bits per heavy atom. The molecule has 0 radical (unpaired) electrons. The zero-order chi connectivity index (χ0) is 24.4. The minimum absolute atomic E-state index is 0.00771. The van der Waals surface area contributed by atoms with E-state index in [0.29, 0.717) is 17.0 Å². The van der Waals surface area contributed by atoms with Crippen LogP contribution in [0, 0.1) is 12.8 Å². The first-order valence-electron chi connectivity index (χ1n) is 11.9. The maximum absolute atomic E-state index is 13.0. The van der Waals surface area contributed by atoms with Crippen LogP contribution >= 0.6 is 0 Å². The summed E-state index contributed by atoms with van der Waals surface area (Å²) < 4.78 is 1.82. The molecule has 1 aliphatic heterocycles. The van der Waals surface area contributed by atoms with Crippen LogP contribution in [0.2, 0.25) is 0 Å². The summed E-state index contributed by atoms with van der Waals surface area (Å²) in [5.74, 6) is 1.46. The highest BCUT2D eigenvalue weighted by molar-refractivity contribution is 5.97. The molecule has 178 valence electrons. The smallest absolute Gasteiger partial charge is 0.254 e. The third kappa shape index (κ3) is 4.77. The summed E-state index contributed by atoms with van der Waals surface area (Å²) in [7, 11) is 0. The van der Waals surface area contributed by atoms with Gasteiger partial charge in [0.15, 0.2) is 5.78 Å². The Bertz CT molecular complexity index is 1370. The molecule has 0 saturated carbocycles. The van der Waals surface area contributed by atoms with Crippen molar-refractivity contribution in [1.82, 2.24) is 19.6 Å². The number of nitrogens with zero attached hydrogens (tertiary/aromatic N) is 5. The van der Waals surface area contributed by atoms with Crippen LogP contribution in [-0.4, -0.2) is 44.4 Å². The molecule has 1 saturated heterocycles. The lowest BCUT2D eigenvalue weighted by atomic mass is 9.94. The molecular weight excluding hydrogens is 440 g/mol. The van der Waals surface area contributed by atoms with E-state index < -0.39 is 0 Å². The molecule has 0 unspecified atom stereocenters. The fraction of sp³-hybridized carbons (Fsp3) is 0.296. The number of anilines is 2. The van der Waals surface area contributed by atoms with Crippen LogP contribution in [0.5, 0.6) is 0 Å². The molecule has 1 N–H and O–H groups in total. The second-order valence-corrected chi connectivity index (χ2v) is 9.02. The predicted octanol–water partition coefficient (Wildman–Crippen LogP) is 4.08. The summed E-state index contributed by atoms with van der Waals surface area (Å²) in [6.07, 6.45) is 3.73. The number of piperidine rings is 1. The quantitative estimate of drug-likeness (QED) is 0.429. The van der Waals surface area contributed by atoms with Crippen molar-refractivity contribution in [2.45, 2.75) is 33.1 Å². The van der Waals surface area contributed by atoms with E-state index in [2.05, 4.69) is 37.4 Å². The number of hydrogen-bond acceptors (Lipinski definition) is 6. The summed E-state index contributed by atoms with van der Waals surface area (Å²) in [6, 6.07) is 17.4. The van der Waals surface area contributed by atoms with E-state index in [9.17, 15) is 9.59 Å². The molecule has 0 aliphatic carbocycles. The van der Waals surface area contributed by atoms with Gasteiger partial charge in [0.2, 0.25) is 5.91 Å². The van der Waals surface area contributed by atoms with Crippen LogP contribution < -0.4 is 10.2 Å². The SMILES string of the molecule is CC(=O)c1cccc(NC(=O)C2CCN(c3c(Cc4ccccc4)c(C)nc4ncnn34)CC2)c1. The average molecular weight is 469 g/mol. The van der Waals surface area contributed by atoms with Crippen LogP contribution in [0.15, 0.2) is 60.9 Å². The van der Waals surface area contributed by atoms with Gasteiger partial charge in [-0.1, -0.05) is 42.5 Å². The van der Waals surface area contributed by atoms with Crippen molar-refractivity contribution >= 4 is 29.0 Å². The van der Waals surface area contributed by atoms with Crippen molar-refractivity contribution in [3.8, 4) is 0 Å². The summed E-state index contributed by atoms with van der Waals surface area (Å²) >= 11 is 0. The molecule has 0 spiro atoms. The average Bonchev–Trinajstić information content (AvgIpc) is 3.33. The lowest BCUT2D eigenvalue weighted by Crippen LogP contribution is -2.39. The lowest BCUT2D eigenvalue weighted by molar-refractivity contribution is -0.120. The van der Waals surface area contributed by atoms with Crippen molar-refractivity contribution in [1.29, 1.82) is 0 Å². The van der Waals surface area contributed by atoms with Gasteiger partial charge < -0.3 is 10.2 Å². The Balaban J connectivity index is 1.35. The molecule has 1 fully saturated rings. The van der Waals surface area contributed by atoms with Gasteiger partial charge in [-0.05, 0) is 44.4 Å². The van der Waals surface area contributed by atoms with Gasteiger partial charge in [0.05, 0.1) is 0 Å². The van der Waals surface area contributed by atoms with E-state index in [-0.39, 0.29) is 17.6 Å². The van der Waals surface area contributed by atoms with E-state index in [4.69, 9.17) is 0 Å². The number of Topliss-reactive ketones (excluding diaryl/α,β-unsaturated/α-hetero) is 1. The Morgan fingerprint density at radius 1 is 1.06 bits per heavy atom. The fourth-order valence-electron chi connectivity index (χ4n) is 4.71. The minimum atomic E-state index is -0.0982. The summed E-state index contributed by atoms with van der Waals surface area (Å²) in [4.78, 5) is 35.9. The Labute approximate surface area is 204 Å². The van der Waals surface area contributed by atoms with E-state index in [0.717, 1.165) is 49.4 Å². The van der Waals surface area contributed by atoms with E-state index in [1.807, 2.05) is 35.7 Å². The van der Waals surface area contributed by atoms with Gasteiger partial charge in [-0.15, -0.1) is 0 Å². The zero-order valence-electron chi connectivity index (χ0n) is 19.9. The normalized spacial score (nSPS) is 14.3. The van der Waals surface area contributed by atoms with Gasteiger partial charge in [-0.2, -0.15) is 14.6 Å². The van der Waals surface area contributed by atoms with Gasteiger partial charge >= 0.3 is 0 Å². The molecule has 0 atom stereocenters. The van der Waals surface area contributed by atoms with Gasteiger partial charge in [-0.3, -0.25) is 9.59 Å². The molecule has 4 aromatic rings. The highest BCUT2D eigenvalue weighted by atomic mass is 16.2. The van der Waals surface area contributed by atoms with Crippen molar-refractivity contribution in [2.24, 2.45) is 5.92 Å². The predicted molar refractivity (Wildman–Crippen MR) is 135 cm³/mol. The summed E-state index contributed by atoms with van der Waals surface area (Å²) in [5, 5.41) is 7.46. The molecule has 3 heterocycles. The maximum Gasteiger partial charge on any atom is 0.254 e. The number of amides is 1. The number of carbonyl (C=O) groups excluding carboxylic acids is 2. The number of aryl methyl sites for hydroxylation is 1. The minimum Gasteiger partial charge on any atom is -0.356 e. The highest BCUT2D eigenvalue weighted by Crippen LogP contribution is 2.30. The maximum atomic E-state index is 13.0. The number of carbonyl (C=O) groups is 2. The van der Waals surface area contributed by atoms with E-state index in [1.54, 1.807) is 18.2 Å². The number of aromatic nitrogens is 4. The van der Waals surface area contributed by atoms with Crippen LogP contribution in [0.3, 0.4) is 0 Å². The third-order valence-electron chi connectivity index (χ3n) is 6.63. The molecule has 5 rings (SSSR count). The van der Waals surface area contributed by atoms with Crippen molar-refractivity contribution in [3.05, 3.63) is 83.3 Å². The molecule has 1 amide bonds. The first-order valence-corrected chi connectivity index (χ1v) is 11.9. The zero-order valence-corrected chi connectivity index (χ0v) is 19.9. The molecule has 1 aliphatic rings. The van der Waals surface area contributed by atoms with Crippen LogP contribution in [0.1, 0.15) is 46.9 Å². The van der Waals surface area contributed by atoms with Gasteiger partial charge in [0.25, 0.3) is 5.78 Å². The van der Waals surface area contributed by atoms with Gasteiger partial charge in [0, 0.05) is 47.9 Å². The highest BCUT2D eigenvalue weighted by Gasteiger charge is 2.29. The summed E-state index contributed by atoms with van der Waals surface area (Å²) in [6.45, 7) is 5.00. The Kier molecular flexibility index (Phi) is 6.27. The monoisotopic (exact) mass is 468 g/mol.